The van der Waals surface area contributed by atoms with Gasteiger partial charge in [0.25, 0.3) is 0 Å². The number of nitrogens with one attached hydrogen (secondary N) is 1. The molecule has 1 rings (SSSR count). The van der Waals surface area contributed by atoms with Gasteiger partial charge in [0, 0.05) is 13.1 Å². The van der Waals surface area contributed by atoms with Crippen molar-refractivity contribution in [2.24, 2.45) is 0 Å². The fourth-order valence-corrected chi connectivity index (χ4v) is 1.13. The number of hydrogen-bond donors (Lipinski definition) is 2. The van der Waals surface area contributed by atoms with Crippen molar-refractivity contribution in [2.45, 2.75) is 13.0 Å². The molecule has 1 atom stereocenters. The molecule has 3 heteroatoms. The summed E-state index contributed by atoms with van der Waals surface area (Å²) in [5.41, 5.74) is 1.20. The SMILES string of the molecule is CC(O)CNC/C=C/c1ccccc1.Cl. The first-order valence-electron chi connectivity index (χ1n) is 4.89. The highest BCUT2D eigenvalue weighted by molar-refractivity contribution is 5.85. The van der Waals surface area contributed by atoms with Crippen LogP contribution in [0.1, 0.15) is 12.5 Å². The van der Waals surface area contributed by atoms with Crippen LogP contribution in [0.3, 0.4) is 0 Å². The van der Waals surface area contributed by atoms with Gasteiger partial charge in [0.2, 0.25) is 0 Å². The lowest BCUT2D eigenvalue weighted by molar-refractivity contribution is 0.193. The van der Waals surface area contributed by atoms with Crippen LogP contribution in [0.2, 0.25) is 0 Å². The van der Waals surface area contributed by atoms with Gasteiger partial charge in [0.05, 0.1) is 6.10 Å². The van der Waals surface area contributed by atoms with Crippen molar-refractivity contribution in [3.63, 3.8) is 0 Å². The van der Waals surface area contributed by atoms with Crippen molar-refractivity contribution in [3.05, 3.63) is 42.0 Å². The number of aliphatic hydroxyl groups excluding tert-OH is 1. The molecule has 15 heavy (non-hydrogen) atoms. The van der Waals surface area contributed by atoms with Crippen molar-refractivity contribution in [1.82, 2.24) is 5.32 Å². The minimum Gasteiger partial charge on any atom is -0.392 e. The van der Waals surface area contributed by atoms with Gasteiger partial charge >= 0.3 is 0 Å². The van der Waals surface area contributed by atoms with Crippen LogP contribution in [-0.4, -0.2) is 24.3 Å². The summed E-state index contributed by atoms with van der Waals surface area (Å²) in [4.78, 5) is 0. The quantitative estimate of drug-likeness (QED) is 0.756. The maximum absolute atomic E-state index is 8.98. The van der Waals surface area contributed by atoms with E-state index in [1.165, 1.54) is 5.56 Å². The summed E-state index contributed by atoms with van der Waals surface area (Å²) in [7, 11) is 0. The van der Waals surface area contributed by atoms with Gasteiger partial charge in [-0.1, -0.05) is 42.5 Å². The average Bonchev–Trinajstić information content (AvgIpc) is 2.18. The summed E-state index contributed by atoms with van der Waals surface area (Å²) in [6.07, 6.45) is 3.84. The molecular weight excluding hydrogens is 210 g/mol. The number of aliphatic hydroxyl groups is 1. The molecule has 1 aromatic carbocycles. The monoisotopic (exact) mass is 227 g/mol. The summed E-state index contributed by atoms with van der Waals surface area (Å²) in [6.45, 7) is 3.20. The van der Waals surface area contributed by atoms with Gasteiger partial charge in [-0.2, -0.15) is 0 Å². The molecule has 0 aromatic heterocycles. The minimum atomic E-state index is -0.278. The van der Waals surface area contributed by atoms with Crippen molar-refractivity contribution < 1.29 is 5.11 Å². The molecule has 0 bridgehead atoms. The molecule has 0 aliphatic rings. The third-order valence-electron chi connectivity index (χ3n) is 1.81. The summed E-state index contributed by atoms with van der Waals surface area (Å²) in [6, 6.07) is 10.2. The fourth-order valence-electron chi connectivity index (χ4n) is 1.13. The Kier molecular flexibility index (Phi) is 8.01. The van der Waals surface area contributed by atoms with E-state index in [0.29, 0.717) is 6.54 Å². The van der Waals surface area contributed by atoms with Crippen LogP contribution in [0.15, 0.2) is 36.4 Å². The van der Waals surface area contributed by atoms with Crippen LogP contribution in [0.5, 0.6) is 0 Å². The van der Waals surface area contributed by atoms with Gasteiger partial charge in [0.15, 0.2) is 0 Å². The van der Waals surface area contributed by atoms with Gasteiger partial charge in [0.1, 0.15) is 0 Å². The van der Waals surface area contributed by atoms with E-state index in [9.17, 15) is 0 Å². The van der Waals surface area contributed by atoms with Gasteiger partial charge in [-0.3, -0.25) is 0 Å². The second-order valence-electron chi connectivity index (χ2n) is 3.32. The van der Waals surface area contributed by atoms with E-state index in [1.54, 1.807) is 6.92 Å². The topological polar surface area (TPSA) is 32.3 Å². The fraction of sp³-hybridized carbons (Fsp3) is 0.333. The zero-order chi connectivity index (χ0) is 10.2. The van der Waals surface area contributed by atoms with Crippen molar-refractivity contribution >= 4 is 18.5 Å². The average molecular weight is 228 g/mol. The van der Waals surface area contributed by atoms with Crippen molar-refractivity contribution in [2.75, 3.05) is 13.1 Å². The summed E-state index contributed by atoms with van der Waals surface area (Å²) in [5.74, 6) is 0. The summed E-state index contributed by atoms with van der Waals surface area (Å²) < 4.78 is 0. The predicted octanol–water partition coefficient (Wildman–Crippen LogP) is 2.09. The molecule has 0 spiro atoms. The van der Waals surface area contributed by atoms with Crippen molar-refractivity contribution in [3.8, 4) is 0 Å². The number of halogens is 1. The zero-order valence-electron chi connectivity index (χ0n) is 8.89. The van der Waals surface area contributed by atoms with Gasteiger partial charge < -0.3 is 10.4 Å². The molecular formula is C12H18ClNO. The molecule has 1 unspecified atom stereocenters. The summed E-state index contributed by atoms with van der Waals surface area (Å²) in [5, 5.41) is 12.1. The normalized spacial score (nSPS) is 12.4. The van der Waals surface area contributed by atoms with Crippen LogP contribution in [0, 0.1) is 0 Å². The first-order chi connectivity index (χ1) is 6.79. The molecule has 2 nitrogen and oxygen atoms in total. The first kappa shape index (κ1) is 14.2. The first-order valence-corrected chi connectivity index (χ1v) is 4.89. The second-order valence-corrected chi connectivity index (χ2v) is 3.32. The van der Waals surface area contributed by atoms with Crippen LogP contribution in [0.25, 0.3) is 6.08 Å². The van der Waals surface area contributed by atoms with E-state index in [2.05, 4.69) is 29.6 Å². The maximum Gasteiger partial charge on any atom is 0.0636 e. The van der Waals surface area contributed by atoms with Crippen LogP contribution in [-0.2, 0) is 0 Å². The van der Waals surface area contributed by atoms with E-state index in [1.807, 2.05) is 18.2 Å². The minimum absolute atomic E-state index is 0. The Labute approximate surface area is 97.4 Å². The zero-order valence-corrected chi connectivity index (χ0v) is 9.70. The van der Waals surface area contributed by atoms with E-state index in [-0.39, 0.29) is 18.5 Å². The van der Waals surface area contributed by atoms with Gasteiger partial charge in [-0.25, -0.2) is 0 Å². The highest BCUT2D eigenvalue weighted by Crippen LogP contribution is 1.99. The largest absolute Gasteiger partial charge is 0.392 e. The molecule has 2 N–H and O–H groups in total. The molecule has 0 saturated heterocycles. The Balaban J connectivity index is 0.00000196. The molecule has 84 valence electrons. The lowest BCUT2D eigenvalue weighted by Gasteiger charge is -2.02. The Bertz CT molecular complexity index is 272. The van der Waals surface area contributed by atoms with Crippen LogP contribution >= 0.6 is 12.4 Å². The van der Waals surface area contributed by atoms with E-state index in [4.69, 9.17) is 5.11 Å². The molecule has 0 heterocycles. The lowest BCUT2D eigenvalue weighted by Crippen LogP contribution is -2.24. The number of hydrogen-bond acceptors (Lipinski definition) is 2. The highest BCUT2D eigenvalue weighted by atomic mass is 35.5. The molecule has 0 radical (unpaired) electrons. The van der Waals surface area contributed by atoms with E-state index in [0.717, 1.165) is 6.54 Å². The van der Waals surface area contributed by atoms with E-state index >= 15 is 0 Å². The van der Waals surface area contributed by atoms with Gasteiger partial charge in [-0.15, -0.1) is 12.4 Å². The van der Waals surface area contributed by atoms with Crippen LogP contribution < -0.4 is 5.32 Å². The Hall–Kier alpha value is -0.830. The number of rotatable bonds is 5. The Morgan fingerprint density at radius 3 is 2.60 bits per heavy atom. The molecule has 0 fully saturated rings. The van der Waals surface area contributed by atoms with E-state index < -0.39 is 0 Å². The van der Waals surface area contributed by atoms with Gasteiger partial charge in [-0.05, 0) is 12.5 Å². The maximum atomic E-state index is 8.98. The Morgan fingerprint density at radius 1 is 1.33 bits per heavy atom. The third-order valence-corrected chi connectivity index (χ3v) is 1.81. The standard InChI is InChI=1S/C12H17NO.ClH/c1-11(14)10-13-9-5-8-12-6-3-2-4-7-12;/h2-8,11,13-14H,9-10H2,1H3;1H/b8-5+;. The lowest BCUT2D eigenvalue weighted by atomic mass is 10.2. The number of benzene rings is 1. The smallest absolute Gasteiger partial charge is 0.0636 e. The molecule has 0 aliphatic carbocycles. The highest BCUT2D eigenvalue weighted by Gasteiger charge is 1.90. The van der Waals surface area contributed by atoms with Crippen LogP contribution in [0.4, 0.5) is 0 Å². The molecule has 1 aromatic rings. The third kappa shape index (κ3) is 7.14. The Morgan fingerprint density at radius 2 is 2.00 bits per heavy atom. The van der Waals surface area contributed by atoms with Crippen molar-refractivity contribution in [1.29, 1.82) is 0 Å². The molecule has 0 aliphatic heterocycles. The summed E-state index contributed by atoms with van der Waals surface area (Å²) >= 11 is 0. The molecule has 0 amide bonds. The second kappa shape index (κ2) is 8.48. The predicted molar refractivity (Wildman–Crippen MR) is 67.3 cm³/mol. The molecule has 0 saturated carbocycles.